The van der Waals surface area contributed by atoms with Crippen LogP contribution in [0.1, 0.15) is 24.3 Å². The van der Waals surface area contributed by atoms with Gasteiger partial charge >= 0.3 is 0 Å². The van der Waals surface area contributed by atoms with Crippen LogP contribution >= 0.6 is 11.8 Å². The molecule has 0 aliphatic rings. The summed E-state index contributed by atoms with van der Waals surface area (Å²) in [5.41, 5.74) is 6.30. The Morgan fingerprint density at radius 1 is 1.75 bits per heavy atom. The first-order valence-electron chi connectivity index (χ1n) is 3.61. The van der Waals surface area contributed by atoms with Crippen LogP contribution in [-0.4, -0.2) is 20.6 Å². The molecule has 0 amide bonds. The number of hydrogen-bond acceptors (Lipinski definition) is 4. The fourth-order valence-corrected chi connectivity index (χ4v) is 1.44. The van der Waals surface area contributed by atoms with Gasteiger partial charge in [0.25, 0.3) is 0 Å². The molecule has 0 radical (unpaired) electrons. The zero-order valence-corrected chi connectivity index (χ0v) is 7.81. The number of hydrogen-bond donors (Lipinski definition) is 2. The fourth-order valence-electron chi connectivity index (χ4n) is 0.732. The maximum atomic E-state index is 11.3. The summed E-state index contributed by atoms with van der Waals surface area (Å²) in [6, 6.07) is 0. The Morgan fingerprint density at radius 2 is 2.42 bits per heavy atom. The molecule has 0 aliphatic carbocycles. The van der Waals surface area contributed by atoms with Gasteiger partial charge in [-0.15, -0.1) is 0 Å². The van der Waals surface area contributed by atoms with E-state index in [1.165, 1.54) is 18.0 Å². The maximum absolute atomic E-state index is 11.3. The Morgan fingerprint density at radius 3 is 2.83 bits per heavy atom. The van der Waals surface area contributed by atoms with Crippen molar-refractivity contribution in [2.45, 2.75) is 19.1 Å². The van der Waals surface area contributed by atoms with Gasteiger partial charge in [-0.05, 0) is 0 Å². The molecule has 0 unspecified atom stereocenters. The number of nitrogen functional groups attached to an aromatic ring is 1. The Kier molecular flexibility index (Phi) is 2.75. The Labute approximate surface area is 74.9 Å². The first kappa shape index (κ1) is 9.12. The number of anilines is 1. The van der Waals surface area contributed by atoms with Gasteiger partial charge < -0.3 is 5.73 Å². The highest BCUT2D eigenvalue weighted by Gasteiger charge is 2.13. The molecule has 0 aromatic carbocycles. The number of nitrogens with two attached hydrogens (primary N) is 1. The van der Waals surface area contributed by atoms with E-state index in [0.717, 1.165) is 0 Å². The monoisotopic (exact) mass is 185 g/mol. The van der Waals surface area contributed by atoms with Gasteiger partial charge in [0.1, 0.15) is 5.69 Å². The lowest BCUT2D eigenvalue weighted by atomic mass is 10.4. The van der Waals surface area contributed by atoms with Gasteiger partial charge in [-0.1, -0.05) is 25.6 Å². The second-order valence-corrected chi connectivity index (χ2v) is 4.20. The van der Waals surface area contributed by atoms with E-state index in [9.17, 15) is 4.79 Å². The summed E-state index contributed by atoms with van der Waals surface area (Å²) in [6.07, 6.45) is 1.44. The zero-order chi connectivity index (χ0) is 9.14. The van der Waals surface area contributed by atoms with Gasteiger partial charge in [-0.25, -0.2) is 0 Å². The van der Waals surface area contributed by atoms with Crippen LogP contribution in [0.2, 0.25) is 0 Å². The van der Waals surface area contributed by atoms with Crippen molar-refractivity contribution in [2.75, 3.05) is 5.73 Å². The van der Waals surface area contributed by atoms with Crippen molar-refractivity contribution in [3.05, 3.63) is 11.9 Å². The minimum Gasteiger partial charge on any atom is -0.396 e. The normalized spacial score (nSPS) is 10.6. The van der Waals surface area contributed by atoms with Gasteiger partial charge in [-0.3, -0.25) is 9.89 Å². The summed E-state index contributed by atoms with van der Waals surface area (Å²) in [6.45, 7) is 3.91. The molecule has 3 N–H and O–H groups in total. The van der Waals surface area contributed by atoms with Gasteiger partial charge in [-0.2, -0.15) is 5.10 Å². The number of carbonyl (C=O) groups is 1. The van der Waals surface area contributed by atoms with Crippen molar-refractivity contribution < 1.29 is 4.79 Å². The second kappa shape index (κ2) is 3.62. The minimum atomic E-state index is -0.0556. The summed E-state index contributed by atoms with van der Waals surface area (Å²) in [5, 5.41) is 6.44. The first-order valence-corrected chi connectivity index (χ1v) is 4.49. The average Bonchev–Trinajstić information content (AvgIpc) is 2.33. The molecule has 0 bridgehead atoms. The van der Waals surface area contributed by atoms with E-state index in [1.54, 1.807) is 0 Å². The number of nitrogens with zero attached hydrogens (tertiary/aromatic N) is 1. The highest BCUT2D eigenvalue weighted by molar-refractivity contribution is 8.14. The molecular weight excluding hydrogens is 174 g/mol. The standard InChI is InChI=1S/C7H11N3OS/c1-4(2)12-7(11)6-5(8)3-9-10-6/h3-4H,8H2,1-2H3,(H,9,10). The van der Waals surface area contributed by atoms with Crippen LogP contribution < -0.4 is 5.73 Å². The van der Waals surface area contributed by atoms with Crippen LogP contribution in [0, 0.1) is 0 Å². The molecular formula is C7H11N3OS. The molecule has 0 spiro atoms. The fraction of sp³-hybridized carbons (Fsp3) is 0.429. The highest BCUT2D eigenvalue weighted by atomic mass is 32.2. The Hall–Kier alpha value is -0.970. The smallest absolute Gasteiger partial charge is 0.239 e. The van der Waals surface area contributed by atoms with Gasteiger partial charge in [0.05, 0.1) is 11.9 Å². The third-order valence-corrected chi connectivity index (χ3v) is 2.11. The van der Waals surface area contributed by atoms with Crippen molar-refractivity contribution in [1.29, 1.82) is 0 Å². The first-order chi connectivity index (χ1) is 5.61. The van der Waals surface area contributed by atoms with Crippen LogP contribution in [0.4, 0.5) is 5.69 Å². The van der Waals surface area contributed by atoms with Crippen LogP contribution in [0.5, 0.6) is 0 Å². The van der Waals surface area contributed by atoms with Crippen molar-refractivity contribution in [3.63, 3.8) is 0 Å². The van der Waals surface area contributed by atoms with Crippen LogP contribution in [0.3, 0.4) is 0 Å². The van der Waals surface area contributed by atoms with E-state index in [4.69, 9.17) is 5.73 Å². The molecule has 1 aromatic heterocycles. The molecule has 0 aliphatic heterocycles. The number of thioether (sulfide) groups is 1. The van der Waals surface area contributed by atoms with Gasteiger partial charge in [0, 0.05) is 5.25 Å². The summed E-state index contributed by atoms with van der Waals surface area (Å²) in [4.78, 5) is 11.3. The van der Waals surface area contributed by atoms with E-state index < -0.39 is 0 Å². The van der Waals surface area contributed by atoms with E-state index in [0.29, 0.717) is 11.4 Å². The minimum absolute atomic E-state index is 0.0556. The molecule has 66 valence electrons. The molecule has 0 fully saturated rings. The van der Waals surface area contributed by atoms with E-state index in [-0.39, 0.29) is 10.4 Å². The molecule has 0 saturated heterocycles. The number of rotatable bonds is 2. The Bertz CT molecular complexity index is 282. The van der Waals surface area contributed by atoms with Crippen molar-refractivity contribution in [3.8, 4) is 0 Å². The molecule has 1 rings (SSSR count). The topological polar surface area (TPSA) is 71.8 Å². The Balaban J connectivity index is 2.72. The number of carbonyl (C=O) groups excluding carboxylic acids is 1. The lowest BCUT2D eigenvalue weighted by Crippen LogP contribution is -2.02. The third kappa shape index (κ3) is 2.01. The molecule has 4 nitrogen and oxygen atoms in total. The SMILES string of the molecule is CC(C)SC(=O)c1[nH]ncc1N. The highest BCUT2D eigenvalue weighted by Crippen LogP contribution is 2.19. The molecule has 0 atom stereocenters. The third-order valence-electron chi connectivity index (χ3n) is 1.22. The predicted octanol–water partition coefficient (Wildman–Crippen LogP) is 1.27. The van der Waals surface area contributed by atoms with E-state index in [1.807, 2.05) is 13.8 Å². The average molecular weight is 185 g/mol. The number of aromatic amines is 1. The van der Waals surface area contributed by atoms with Crippen molar-refractivity contribution in [2.24, 2.45) is 0 Å². The molecule has 5 heteroatoms. The van der Waals surface area contributed by atoms with Crippen molar-refractivity contribution in [1.82, 2.24) is 10.2 Å². The van der Waals surface area contributed by atoms with Crippen LogP contribution in [0.25, 0.3) is 0 Å². The number of aromatic nitrogens is 2. The van der Waals surface area contributed by atoms with Gasteiger partial charge in [0.15, 0.2) is 0 Å². The molecule has 12 heavy (non-hydrogen) atoms. The largest absolute Gasteiger partial charge is 0.396 e. The lowest BCUT2D eigenvalue weighted by Gasteiger charge is -2.01. The maximum Gasteiger partial charge on any atom is 0.239 e. The van der Waals surface area contributed by atoms with Crippen molar-refractivity contribution >= 4 is 22.6 Å². The number of H-pyrrole nitrogens is 1. The van der Waals surface area contributed by atoms with E-state index >= 15 is 0 Å². The summed E-state index contributed by atoms with van der Waals surface area (Å²) >= 11 is 1.24. The lowest BCUT2D eigenvalue weighted by molar-refractivity contribution is 0.108. The van der Waals surface area contributed by atoms with E-state index in [2.05, 4.69) is 10.2 Å². The quantitative estimate of drug-likeness (QED) is 0.728. The summed E-state index contributed by atoms with van der Waals surface area (Å²) in [7, 11) is 0. The number of nitrogens with one attached hydrogen (secondary N) is 1. The van der Waals surface area contributed by atoms with Crippen LogP contribution in [0.15, 0.2) is 6.20 Å². The summed E-state index contributed by atoms with van der Waals surface area (Å²) < 4.78 is 0. The van der Waals surface area contributed by atoms with Crippen LogP contribution in [-0.2, 0) is 0 Å². The molecule has 0 saturated carbocycles. The molecule has 1 heterocycles. The second-order valence-electron chi connectivity index (χ2n) is 2.65. The van der Waals surface area contributed by atoms with Gasteiger partial charge in [0.2, 0.25) is 5.12 Å². The zero-order valence-electron chi connectivity index (χ0n) is 7.00. The predicted molar refractivity (Wildman–Crippen MR) is 50.1 cm³/mol. The molecule has 1 aromatic rings. The summed E-state index contributed by atoms with van der Waals surface area (Å²) in [5.74, 6) is 0.